The first-order chi connectivity index (χ1) is 7.25. The Labute approximate surface area is 89.7 Å². The lowest BCUT2D eigenvalue weighted by Gasteiger charge is -2.21. The number of Topliss-reactive ketones (excluding diaryl/α,β-unsaturated/α-hetero) is 1. The van der Waals surface area contributed by atoms with Gasteiger partial charge < -0.3 is 5.73 Å². The smallest absolute Gasteiger partial charge is 0.132 e. The first-order valence-electron chi connectivity index (χ1n) is 5.46. The number of nitrogens with zero attached hydrogens (tertiary/aromatic N) is 1. The van der Waals surface area contributed by atoms with Crippen LogP contribution in [0.3, 0.4) is 0 Å². The Balaban J connectivity index is 1.97. The van der Waals surface area contributed by atoms with Crippen LogP contribution in [-0.4, -0.2) is 10.8 Å². The number of aromatic nitrogens is 1. The number of carbonyl (C=O) groups is 1. The SMILES string of the molecule is Nc1ccncc1CC1CCC(=O)CC1. The highest BCUT2D eigenvalue weighted by atomic mass is 16.1. The summed E-state index contributed by atoms with van der Waals surface area (Å²) in [6.07, 6.45) is 8.01. The number of carbonyl (C=O) groups excluding carboxylic acids is 1. The summed E-state index contributed by atoms with van der Waals surface area (Å²) in [4.78, 5) is 15.2. The Morgan fingerprint density at radius 3 is 2.80 bits per heavy atom. The molecule has 0 bridgehead atoms. The summed E-state index contributed by atoms with van der Waals surface area (Å²) in [6, 6.07) is 1.84. The zero-order valence-electron chi connectivity index (χ0n) is 8.78. The predicted octanol–water partition coefficient (Wildman–Crippen LogP) is 1.97. The van der Waals surface area contributed by atoms with E-state index in [1.807, 2.05) is 12.3 Å². The second-order valence-corrected chi connectivity index (χ2v) is 4.26. The van der Waals surface area contributed by atoms with Gasteiger partial charge in [0, 0.05) is 30.9 Å². The van der Waals surface area contributed by atoms with E-state index in [1.54, 1.807) is 6.20 Å². The lowest BCUT2D eigenvalue weighted by atomic mass is 9.84. The lowest BCUT2D eigenvalue weighted by molar-refractivity contribution is -0.120. The van der Waals surface area contributed by atoms with Gasteiger partial charge in [0.25, 0.3) is 0 Å². The minimum atomic E-state index is 0.408. The van der Waals surface area contributed by atoms with Crippen molar-refractivity contribution < 1.29 is 4.79 Å². The van der Waals surface area contributed by atoms with Crippen LogP contribution in [0.5, 0.6) is 0 Å². The molecule has 0 saturated heterocycles. The Bertz CT molecular complexity index is 352. The standard InChI is InChI=1S/C12H16N2O/c13-12-5-6-14-8-10(12)7-9-1-3-11(15)4-2-9/h5-6,8-9H,1-4,7H2,(H2,13,14). The van der Waals surface area contributed by atoms with E-state index in [0.717, 1.165) is 43.4 Å². The van der Waals surface area contributed by atoms with E-state index in [9.17, 15) is 4.79 Å². The molecule has 3 nitrogen and oxygen atoms in total. The summed E-state index contributed by atoms with van der Waals surface area (Å²) < 4.78 is 0. The van der Waals surface area contributed by atoms with Crippen molar-refractivity contribution in [2.75, 3.05) is 5.73 Å². The molecule has 2 rings (SSSR count). The number of nitrogens with two attached hydrogens (primary N) is 1. The molecule has 0 spiro atoms. The molecule has 2 N–H and O–H groups in total. The normalized spacial score (nSPS) is 18.0. The van der Waals surface area contributed by atoms with Crippen molar-refractivity contribution in [1.82, 2.24) is 4.98 Å². The summed E-state index contributed by atoms with van der Waals surface area (Å²) in [6.45, 7) is 0. The number of rotatable bonds is 2. The Kier molecular flexibility index (Phi) is 2.99. The monoisotopic (exact) mass is 204 g/mol. The van der Waals surface area contributed by atoms with Crippen molar-refractivity contribution in [3.8, 4) is 0 Å². The van der Waals surface area contributed by atoms with Gasteiger partial charge in [-0.3, -0.25) is 9.78 Å². The molecule has 0 unspecified atom stereocenters. The van der Waals surface area contributed by atoms with Crippen LogP contribution in [0, 0.1) is 5.92 Å². The second-order valence-electron chi connectivity index (χ2n) is 4.26. The van der Waals surface area contributed by atoms with Gasteiger partial charge in [-0.2, -0.15) is 0 Å². The molecule has 1 aromatic rings. The average molecular weight is 204 g/mol. The molecule has 0 aromatic carbocycles. The van der Waals surface area contributed by atoms with Gasteiger partial charge in [-0.1, -0.05) is 0 Å². The zero-order chi connectivity index (χ0) is 10.7. The highest BCUT2D eigenvalue weighted by Gasteiger charge is 2.19. The molecule has 0 radical (unpaired) electrons. The van der Waals surface area contributed by atoms with E-state index in [2.05, 4.69) is 4.98 Å². The van der Waals surface area contributed by atoms with E-state index < -0.39 is 0 Å². The molecule has 1 aliphatic rings. The van der Waals surface area contributed by atoms with E-state index >= 15 is 0 Å². The molecular weight excluding hydrogens is 188 g/mol. The first-order valence-corrected chi connectivity index (χ1v) is 5.46. The minimum Gasteiger partial charge on any atom is -0.398 e. The van der Waals surface area contributed by atoms with Crippen LogP contribution in [0.1, 0.15) is 31.2 Å². The number of hydrogen-bond acceptors (Lipinski definition) is 3. The molecule has 1 aromatic heterocycles. The molecule has 1 saturated carbocycles. The van der Waals surface area contributed by atoms with Gasteiger partial charge in [-0.05, 0) is 36.8 Å². The fraction of sp³-hybridized carbons (Fsp3) is 0.500. The molecule has 0 amide bonds. The quantitative estimate of drug-likeness (QED) is 0.801. The van der Waals surface area contributed by atoms with E-state index in [1.165, 1.54) is 0 Å². The van der Waals surface area contributed by atoms with E-state index in [4.69, 9.17) is 5.73 Å². The molecule has 0 aliphatic heterocycles. The van der Waals surface area contributed by atoms with Crippen LogP contribution >= 0.6 is 0 Å². The number of ketones is 1. The second kappa shape index (κ2) is 4.43. The average Bonchev–Trinajstić information content (AvgIpc) is 2.25. The predicted molar refractivity (Wildman–Crippen MR) is 59.3 cm³/mol. The highest BCUT2D eigenvalue weighted by molar-refractivity contribution is 5.79. The summed E-state index contributed by atoms with van der Waals surface area (Å²) in [5.41, 5.74) is 7.80. The molecule has 1 fully saturated rings. The molecule has 1 aliphatic carbocycles. The Hall–Kier alpha value is -1.38. The van der Waals surface area contributed by atoms with Crippen LogP contribution in [0.4, 0.5) is 5.69 Å². The maximum Gasteiger partial charge on any atom is 0.132 e. The van der Waals surface area contributed by atoms with E-state index in [0.29, 0.717) is 11.7 Å². The van der Waals surface area contributed by atoms with Gasteiger partial charge in [-0.15, -0.1) is 0 Å². The van der Waals surface area contributed by atoms with Crippen LogP contribution in [0.2, 0.25) is 0 Å². The van der Waals surface area contributed by atoms with Crippen molar-refractivity contribution in [3.05, 3.63) is 24.0 Å². The summed E-state index contributed by atoms with van der Waals surface area (Å²) in [5, 5.41) is 0. The van der Waals surface area contributed by atoms with Gasteiger partial charge in [0.15, 0.2) is 0 Å². The third-order valence-electron chi connectivity index (χ3n) is 3.11. The maximum atomic E-state index is 11.1. The fourth-order valence-electron chi connectivity index (χ4n) is 2.12. The van der Waals surface area contributed by atoms with Crippen molar-refractivity contribution in [2.24, 2.45) is 5.92 Å². The molecule has 15 heavy (non-hydrogen) atoms. The molecule has 80 valence electrons. The van der Waals surface area contributed by atoms with Gasteiger partial charge in [0.1, 0.15) is 5.78 Å². The number of hydrogen-bond donors (Lipinski definition) is 1. The molecular formula is C12H16N2O. The molecule has 1 heterocycles. The third kappa shape index (κ3) is 2.55. The first kappa shape index (κ1) is 10.1. The fourth-order valence-corrected chi connectivity index (χ4v) is 2.12. The summed E-state index contributed by atoms with van der Waals surface area (Å²) >= 11 is 0. The Morgan fingerprint density at radius 1 is 1.40 bits per heavy atom. The maximum absolute atomic E-state index is 11.1. The van der Waals surface area contributed by atoms with Crippen molar-refractivity contribution >= 4 is 11.5 Å². The Morgan fingerprint density at radius 2 is 2.13 bits per heavy atom. The summed E-state index contributed by atoms with van der Waals surface area (Å²) in [7, 11) is 0. The topological polar surface area (TPSA) is 56.0 Å². The van der Waals surface area contributed by atoms with Crippen molar-refractivity contribution in [1.29, 1.82) is 0 Å². The van der Waals surface area contributed by atoms with Gasteiger partial charge in [-0.25, -0.2) is 0 Å². The largest absolute Gasteiger partial charge is 0.398 e. The van der Waals surface area contributed by atoms with Gasteiger partial charge in [0.05, 0.1) is 0 Å². The number of nitrogen functional groups attached to an aromatic ring is 1. The van der Waals surface area contributed by atoms with Crippen LogP contribution in [0.25, 0.3) is 0 Å². The van der Waals surface area contributed by atoms with Crippen LogP contribution in [0.15, 0.2) is 18.5 Å². The number of anilines is 1. The molecule has 3 heteroatoms. The number of pyridine rings is 1. The van der Waals surface area contributed by atoms with Crippen molar-refractivity contribution in [2.45, 2.75) is 32.1 Å². The minimum absolute atomic E-state index is 0.408. The van der Waals surface area contributed by atoms with E-state index in [-0.39, 0.29) is 0 Å². The zero-order valence-corrected chi connectivity index (χ0v) is 8.78. The lowest BCUT2D eigenvalue weighted by Crippen LogP contribution is -2.16. The molecule has 0 atom stereocenters. The van der Waals surface area contributed by atoms with Crippen LogP contribution in [-0.2, 0) is 11.2 Å². The third-order valence-corrected chi connectivity index (χ3v) is 3.11. The summed E-state index contributed by atoms with van der Waals surface area (Å²) in [5.74, 6) is 1.01. The van der Waals surface area contributed by atoms with Gasteiger partial charge >= 0.3 is 0 Å². The van der Waals surface area contributed by atoms with Crippen molar-refractivity contribution in [3.63, 3.8) is 0 Å². The van der Waals surface area contributed by atoms with Crippen LogP contribution < -0.4 is 5.73 Å². The highest BCUT2D eigenvalue weighted by Crippen LogP contribution is 2.26. The van der Waals surface area contributed by atoms with Gasteiger partial charge in [0.2, 0.25) is 0 Å².